The number of hydrogen-bond donors (Lipinski definition) is 2. The highest BCUT2D eigenvalue weighted by atomic mass is 16.2. The molecule has 0 aromatic carbocycles. The fourth-order valence-corrected chi connectivity index (χ4v) is 3.27. The first kappa shape index (κ1) is 19.1. The zero-order valence-electron chi connectivity index (χ0n) is 14.8. The summed E-state index contributed by atoms with van der Waals surface area (Å²) in [6.45, 7) is 2.17. The molecule has 6 heteroatoms. The molecule has 1 aromatic heterocycles. The summed E-state index contributed by atoms with van der Waals surface area (Å²) in [6.07, 6.45) is 11.3. The molecule has 4 amide bonds. The molecule has 1 aliphatic rings. The van der Waals surface area contributed by atoms with Gasteiger partial charge in [0, 0.05) is 12.4 Å². The number of pyridine rings is 1. The van der Waals surface area contributed by atoms with Gasteiger partial charge in [0.05, 0.1) is 0 Å². The summed E-state index contributed by atoms with van der Waals surface area (Å²) in [7, 11) is 0. The number of barbiturate groups is 1. The molecule has 0 saturated carbocycles. The Kier molecular flexibility index (Phi) is 7.10. The van der Waals surface area contributed by atoms with Crippen molar-refractivity contribution in [2.75, 3.05) is 0 Å². The quantitative estimate of drug-likeness (QED) is 0.504. The summed E-state index contributed by atoms with van der Waals surface area (Å²) >= 11 is 0. The maximum Gasteiger partial charge on any atom is 0.328 e. The molecule has 25 heavy (non-hydrogen) atoms. The van der Waals surface area contributed by atoms with Gasteiger partial charge in [-0.05, 0) is 37.0 Å². The molecule has 2 rings (SSSR count). The largest absolute Gasteiger partial charge is 0.328 e. The van der Waals surface area contributed by atoms with Gasteiger partial charge in [-0.2, -0.15) is 0 Å². The third-order valence-corrected chi connectivity index (χ3v) is 4.87. The number of nitrogens with one attached hydrogen (secondary N) is 2. The molecular formula is C19H27N3O3. The smallest absolute Gasteiger partial charge is 0.277 e. The minimum atomic E-state index is -1.16. The third-order valence-electron chi connectivity index (χ3n) is 4.87. The number of nitrogens with zero attached hydrogens (tertiary/aromatic N) is 1. The van der Waals surface area contributed by atoms with Crippen LogP contribution in [0.1, 0.15) is 63.9 Å². The predicted octanol–water partition coefficient (Wildman–Crippen LogP) is 3.12. The van der Waals surface area contributed by atoms with Gasteiger partial charge in [0.1, 0.15) is 5.41 Å². The number of unbranched alkanes of at least 4 members (excludes halogenated alkanes) is 5. The summed E-state index contributed by atoms with van der Waals surface area (Å²) in [5.74, 6) is -0.937. The molecule has 1 aromatic rings. The highest BCUT2D eigenvalue weighted by Crippen LogP contribution is 2.33. The maximum absolute atomic E-state index is 12.5. The summed E-state index contributed by atoms with van der Waals surface area (Å²) in [5, 5.41) is 4.55. The van der Waals surface area contributed by atoms with E-state index in [1.165, 1.54) is 19.3 Å². The fourth-order valence-electron chi connectivity index (χ4n) is 3.27. The Labute approximate surface area is 148 Å². The summed E-state index contributed by atoms with van der Waals surface area (Å²) < 4.78 is 0. The van der Waals surface area contributed by atoms with E-state index in [1.807, 2.05) is 12.1 Å². The number of urea groups is 1. The van der Waals surface area contributed by atoms with Crippen LogP contribution in [0.15, 0.2) is 24.5 Å². The van der Waals surface area contributed by atoms with Gasteiger partial charge in [-0.15, -0.1) is 0 Å². The Morgan fingerprint density at radius 2 is 1.48 bits per heavy atom. The first-order chi connectivity index (χ1) is 12.1. The Morgan fingerprint density at radius 3 is 2.12 bits per heavy atom. The molecule has 1 saturated heterocycles. The van der Waals surface area contributed by atoms with Crippen molar-refractivity contribution >= 4 is 17.8 Å². The van der Waals surface area contributed by atoms with Crippen molar-refractivity contribution in [3.63, 3.8) is 0 Å². The van der Waals surface area contributed by atoms with Crippen molar-refractivity contribution in [3.8, 4) is 0 Å². The Hall–Kier alpha value is -2.24. The Morgan fingerprint density at radius 1 is 0.880 bits per heavy atom. The van der Waals surface area contributed by atoms with Crippen LogP contribution < -0.4 is 10.6 Å². The normalized spacial score (nSPS) is 16.4. The third kappa shape index (κ3) is 5.11. The molecule has 0 radical (unpaired) electrons. The van der Waals surface area contributed by atoms with Gasteiger partial charge in [-0.1, -0.05) is 45.4 Å². The maximum atomic E-state index is 12.5. The molecule has 0 atom stereocenters. The lowest BCUT2D eigenvalue weighted by Crippen LogP contribution is -2.62. The number of hydrogen-bond acceptors (Lipinski definition) is 4. The SMILES string of the molecule is CCCCCCCCC1(CCc2ccncc2)C(=O)NC(=O)NC1=O. The molecule has 0 unspecified atom stereocenters. The van der Waals surface area contributed by atoms with Gasteiger partial charge >= 0.3 is 6.03 Å². The van der Waals surface area contributed by atoms with E-state index in [0.717, 1.165) is 24.8 Å². The van der Waals surface area contributed by atoms with Crippen LogP contribution >= 0.6 is 0 Å². The van der Waals surface area contributed by atoms with Crippen LogP contribution in [0.5, 0.6) is 0 Å². The van der Waals surface area contributed by atoms with Crippen molar-refractivity contribution in [2.45, 2.75) is 64.7 Å². The summed E-state index contributed by atoms with van der Waals surface area (Å²) in [6, 6.07) is 3.03. The van der Waals surface area contributed by atoms with Gasteiger partial charge in [-0.25, -0.2) is 4.79 Å². The van der Waals surface area contributed by atoms with Crippen molar-refractivity contribution in [1.29, 1.82) is 0 Å². The minimum Gasteiger partial charge on any atom is -0.277 e. The fraction of sp³-hybridized carbons (Fsp3) is 0.579. The summed E-state index contributed by atoms with van der Waals surface area (Å²) in [5.41, 5.74) is -0.142. The average molecular weight is 345 g/mol. The number of carbonyl (C=O) groups excluding carboxylic acids is 3. The molecule has 0 aliphatic carbocycles. The Bertz CT molecular complexity index is 581. The van der Waals surface area contributed by atoms with Gasteiger partial charge in [0.2, 0.25) is 11.8 Å². The van der Waals surface area contributed by atoms with E-state index in [2.05, 4.69) is 22.5 Å². The van der Waals surface area contributed by atoms with Gasteiger partial charge in [-0.3, -0.25) is 25.2 Å². The van der Waals surface area contributed by atoms with Gasteiger partial charge in [0.15, 0.2) is 0 Å². The van der Waals surface area contributed by atoms with Crippen molar-refractivity contribution in [3.05, 3.63) is 30.1 Å². The zero-order chi connectivity index (χ0) is 18.1. The average Bonchev–Trinajstić information content (AvgIpc) is 2.60. The predicted molar refractivity (Wildman–Crippen MR) is 94.7 cm³/mol. The highest BCUT2D eigenvalue weighted by molar-refractivity contribution is 6.19. The van der Waals surface area contributed by atoms with Crippen LogP contribution in [0.2, 0.25) is 0 Å². The van der Waals surface area contributed by atoms with E-state index in [0.29, 0.717) is 19.3 Å². The number of carbonyl (C=O) groups is 3. The van der Waals surface area contributed by atoms with Gasteiger partial charge in [0.25, 0.3) is 0 Å². The highest BCUT2D eigenvalue weighted by Gasteiger charge is 2.49. The van der Waals surface area contributed by atoms with E-state index in [4.69, 9.17) is 0 Å². The van der Waals surface area contributed by atoms with E-state index < -0.39 is 23.3 Å². The minimum absolute atomic E-state index is 0.386. The molecule has 136 valence electrons. The van der Waals surface area contributed by atoms with Crippen LogP contribution in [0.3, 0.4) is 0 Å². The lowest BCUT2D eigenvalue weighted by atomic mass is 9.75. The molecule has 2 heterocycles. The second kappa shape index (κ2) is 9.30. The van der Waals surface area contributed by atoms with Crippen molar-refractivity contribution < 1.29 is 14.4 Å². The Balaban J connectivity index is 2.01. The molecule has 6 nitrogen and oxygen atoms in total. The molecule has 2 N–H and O–H groups in total. The van der Waals surface area contributed by atoms with Crippen LogP contribution in [0.25, 0.3) is 0 Å². The number of aromatic nitrogens is 1. The topological polar surface area (TPSA) is 88.2 Å². The number of rotatable bonds is 10. The van der Waals surface area contributed by atoms with E-state index >= 15 is 0 Å². The van der Waals surface area contributed by atoms with Crippen LogP contribution in [0.4, 0.5) is 4.79 Å². The standard InChI is InChI=1S/C19H27N3O3/c1-2-3-4-5-6-7-11-19(12-8-15-9-13-20-14-10-15)16(23)21-18(25)22-17(19)24/h9-10,13-14H,2-8,11-12H2,1H3,(H2,21,22,23,24,25). The van der Waals surface area contributed by atoms with Crippen LogP contribution in [-0.4, -0.2) is 22.8 Å². The van der Waals surface area contributed by atoms with E-state index in [1.54, 1.807) is 12.4 Å². The first-order valence-corrected chi connectivity index (χ1v) is 9.14. The monoisotopic (exact) mass is 345 g/mol. The van der Waals surface area contributed by atoms with Crippen LogP contribution in [-0.2, 0) is 16.0 Å². The lowest BCUT2D eigenvalue weighted by Gasteiger charge is -2.34. The lowest BCUT2D eigenvalue weighted by molar-refractivity contribution is -0.145. The number of amides is 4. The first-order valence-electron chi connectivity index (χ1n) is 9.14. The number of imide groups is 2. The van der Waals surface area contributed by atoms with Crippen molar-refractivity contribution in [1.82, 2.24) is 15.6 Å². The van der Waals surface area contributed by atoms with Crippen molar-refractivity contribution in [2.24, 2.45) is 5.41 Å². The molecule has 0 bridgehead atoms. The molecule has 1 aliphatic heterocycles. The zero-order valence-corrected chi connectivity index (χ0v) is 14.8. The van der Waals surface area contributed by atoms with Crippen LogP contribution in [0, 0.1) is 5.41 Å². The van der Waals surface area contributed by atoms with E-state index in [-0.39, 0.29) is 0 Å². The van der Waals surface area contributed by atoms with Gasteiger partial charge < -0.3 is 0 Å². The molecular weight excluding hydrogens is 318 g/mol. The molecule has 1 fully saturated rings. The molecule has 0 spiro atoms. The summed E-state index contributed by atoms with van der Waals surface area (Å²) in [4.78, 5) is 40.4. The van der Waals surface area contributed by atoms with E-state index in [9.17, 15) is 14.4 Å². The second-order valence-corrected chi connectivity index (χ2v) is 6.69. The second-order valence-electron chi connectivity index (χ2n) is 6.69. The number of aryl methyl sites for hydroxylation is 1.